The highest BCUT2D eigenvalue weighted by molar-refractivity contribution is 5.69. The first-order chi connectivity index (χ1) is 9.38. The lowest BCUT2D eigenvalue weighted by Gasteiger charge is -2.33. The maximum absolute atomic E-state index is 12.1. The van der Waals surface area contributed by atoms with Crippen molar-refractivity contribution >= 4 is 6.09 Å². The lowest BCUT2D eigenvalue weighted by Crippen LogP contribution is -2.47. The minimum Gasteiger partial charge on any atom is -0.444 e. The van der Waals surface area contributed by atoms with Crippen molar-refractivity contribution in [2.75, 3.05) is 0 Å². The molecule has 4 nitrogen and oxygen atoms in total. The van der Waals surface area contributed by atoms with Crippen molar-refractivity contribution in [1.29, 1.82) is 0 Å². The average molecular weight is 275 g/mol. The smallest absolute Gasteiger partial charge is 0.408 e. The molecule has 1 aromatic carbocycles. The predicted octanol–water partition coefficient (Wildman–Crippen LogP) is 2.97. The number of epoxide rings is 1. The summed E-state index contributed by atoms with van der Waals surface area (Å²) in [6.45, 7) is 5.62. The van der Waals surface area contributed by atoms with Gasteiger partial charge in [0.25, 0.3) is 0 Å². The zero-order chi connectivity index (χ0) is 14.4. The van der Waals surface area contributed by atoms with Gasteiger partial charge in [0.1, 0.15) is 5.60 Å². The van der Waals surface area contributed by atoms with Gasteiger partial charge in [-0.2, -0.15) is 0 Å². The van der Waals surface area contributed by atoms with Gasteiger partial charge < -0.3 is 14.8 Å². The molecule has 1 aromatic rings. The molecule has 108 valence electrons. The Morgan fingerprint density at radius 2 is 1.85 bits per heavy atom. The van der Waals surface area contributed by atoms with Gasteiger partial charge in [-0.25, -0.2) is 4.79 Å². The van der Waals surface area contributed by atoms with Crippen LogP contribution in [0.15, 0.2) is 30.3 Å². The number of carbonyl (C=O) groups excluding carboxylic acids is 1. The van der Waals surface area contributed by atoms with Crippen LogP contribution in [-0.2, 0) is 15.0 Å². The van der Waals surface area contributed by atoms with E-state index in [-0.39, 0.29) is 23.8 Å². The molecule has 1 N–H and O–H groups in total. The second-order valence-corrected chi connectivity index (χ2v) is 6.70. The Kier molecular flexibility index (Phi) is 3.01. The van der Waals surface area contributed by atoms with Crippen molar-refractivity contribution in [3.8, 4) is 0 Å². The van der Waals surface area contributed by atoms with Crippen LogP contribution in [0.5, 0.6) is 0 Å². The molecule has 3 atom stereocenters. The van der Waals surface area contributed by atoms with E-state index in [1.54, 1.807) is 0 Å². The van der Waals surface area contributed by atoms with E-state index in [9.17, 15) is 4.79 Å². The molecular formula is C16H21NO3. The highest BCUT2D eigenvalue weighted by atomic mass is 16.6. The number of nitrogens with one attached hydrogen (secondary N) is 1. The fourth-order valence-electron chi connectivity index (χ4n) is 2.97. The van der Waals surface area contributed by atoms with Gasteiger partial charge in [-0.1, -0.05) is 30.3 Å². The van der Waals surface area contributed by atoms with Gasteiger partial charge in [-0.15, -0.1) is 0 Å². The molecule has 1 saturated carbocycles. The van der Waals surface area contributed by atoms with E-state index in [0.717, 1.165) is 18.4 Å². The summed E-state index contributed by atoms with van der Waals surface area (Å²) in [6, 6.07) is 10.1. The van der Waals surface area contributed by atoms with Crippen molar-refractivity contribution in [2.24, 2.45) is 0 Å². The summed E-state index contributed by atoms with van der Waals surface area (Å²) < 4.78 is 10.9. The summed E-state index contributed by atoms with van der Waals surface area (Å²) in [6.07, 6.45) is 1.85. The maximum Gasteiger partial charge on any atom is 0.408 e. The van der Waals surface area contributed by atoms with Gasteiger partial charge in [0.2, 0.25) is 0 Å². The Morgan fingerprint density at radius 3 is 2.40 bits per heavy atom. The van der Waals surface area contributed by atoms with Crippen molar-refractivity contribution < 1.29 is 14.3 Å². The summed E-state index contributed by atoms with van der Waals surface area (Å²) in [5, 5.41) is 3.08. The third kappa shape index (κ3) is 2.66. The van der Waals surface area contributed by atoms with Crippen LogP contribution in [-0.4, -0.2) is 23.9 Å². The third-order valence-corrected chi connectivity index (χ3v) is 3.85. The highest BCUT2D eigenvalue weighted by Crippen LogP contribution is 2.49. The normalized spacial score (nSPS) is 31.6. The molecule has 1 aliphatic heterocycles. The Morgan fingerprint density at radius 1 is 1.25 bits per heavy atom. The monoisotopic (exact) mass is 275 g/mol. The second kappa shape index (κ2) is 4.48. The largest absolute Gasteiger partial charge is 0.444 e. The van der Waals surface area contributed by atoms with Gasteiger partial charge in [0.05, 0.1) is 17.7 Å². The number of rotatable bonds is 2. The molecule has 4 heteroatoms. The summed E-state index contributed by atoms with van der Waals surface area (Å²) in [4.78, 5) is 12.1. The van der Waals surface area contributed by atoms with Crippen molar-refractivity contribution in [1.82, 2.24) is 5.32 Å². The molecule has 2 fully saturated rings. The van der Waals surface area contributed by atoms with E-state index in [1.807, 2.05) is 39.0 Å². The molecule has 1 saturated heterocycles. The van der Waals surface area contributed by atoms with E-state index >= 15 is 0 Å². The number of benzene rings is 1. The van der Waals surface area contributed by atoms with E-state index in [2.05, 4.69) is 17.4 Å². The summed E-state index contributed by atoms with van der Waals surface area (Å²) in [7, 11) is 0. The van der Waals surface area contributed by atoms with E-state index in [0.29, 0.717) is 0 Å². The minimum absolute atomic E-state index is 0.283. The topological polar surface area (TPSA) is 50.9 Å². The molecule has 20 heavy (non-hydrogen) atoms. The van der Waals surface area contributed by atoms with Gasteiger partial charge in [-0.3, -0.25) is 0 Å². The number of carbonyl (C=O) groups is 1. The standard InChI is InChI=1S/C16H21NO3/c1-15(2,3)20-14(18)17-16(9-12-13(10-16)19-12)11-7-5-4-6-8-11/h4-8,12-13H,9-10H2,1-3H3,(H,17,18)/t12-,13+,16+. The summed E-state index contributed by atoms with van der Waals surface area (Å²) in [5.74, 6) is 0. The molecule has 0 bridgehead atoms. The molecule has 1 amide bonds. The molecule has 3 rings (SSSR count). The van der Waals surface area contributed by atoms with Crippen LogP contribution in [0, 0.1) is 0 Å². The van der Waals surface area contributed by atoms with Gasteiger partial charge >= 0.3 is 6.09 Å². The molecule has 0 unspecified atom stereocenters. The number of alkyl carbamates (subject to hydrolysis) is 1. The number of hydrogen-bond acceptors (Lipinski definition) is 3. The molecule has 0 radical (unpaired) electrons. The fraction of sp³-hybridized carbons (Fsp3) is 0.562. The van der Waals surface area contributed by atoms with Crippen LogP contribution in [0.2, 0.25) is 0 Å². The van der Waals surface area contributed by atoms with Gasteiger partial charge in [-0.05, 0) is 26.3 Å². The van der Waals surface area contributed by atoms with Crippen LogP contribution in [0.1, 0.15) is 39.2 Å². The molecule has 0 aromatic heterocycles. The summed E-state index contributed by atoms with van der Waals surface area (Å²) >= 11 is 0. The first-order valence-corrected chi connectivity index (χ1v) is 7.10. The Balaban J connectivity index is 1.79. The minimum atomic E-state index is -0.486. The van der Waals surface area contributed by atoms with Crippen molar-refractivity contribution in [2.45, 2.75) is 57.0 Å². The van der Waals surface area contributed by atoms with E-state index in [4.69, 9.17) is 9.47 Å². The van der Waals surface area contributed by atoms with Crippen molar-refractivity contribution in [3.05, 3.63) is 35.9 Å². The second-order valence-electron chi connectivity index (χ2n) is 6.70. The van der Waals surface area contributed by atoms with Crippen LogP contribution in [0.25, 0.3) is 0 Å². The van der Waals surface area contributed by atoms with Crippen LogP contribution >= 0.6 is 0 Å². The van der Waals surface area contributed by atoms with Crippen LogP contribution in [0.4, 0.5) is 4.79 Å². The number of ether oxygens (including phenoxy) is 2. The first-order valence-electron chi connectivity index (χ1n) is 7.10. The van der Waals surface area contributed by atoms with Gasteiger partial charge in [0.15, 0.2) is 0 Å². The summed E-state index contributed by atoms with van der Waals surface area (Å²) in [5.41, 5.74) is 0.290. The third-order valence-electron chi connectivity index (χ3n) is 3.85. The first kappa shape index (κ1) is 13.4. The van der Waals surface area contributed by atoms with Crippen LogP contribution < -0.4 is 5.32 Å². The number of fused-ring (bicyclic) bond motifs is 1. The fourth-order valence-corrected chi connectivity index (χ4v) is 2.97. The Hall–Kier alpha value is -1.55. The average Bonchev–Trinajstić information content (AvgIpc) is 2.96. The zero-order valence-electron chi connectivity index (χ0n) is 12.2. The molecular weight excluding hydrogens is 254 g/mol. The maximum atomic E-state index is 12.1. The SMILES string of the molecule is CC(C)(C)OC(=O)N[C@]1(c2ccccc2)C[C@@H]2O[C@@H]2C1. The van der Waals surface area contributed by atoms with E-state index in [1.165, 1.54) is 0 Å². The van der Waals surface area contributed by atoms with Crippen LogP contribution in [0.3, 0.4) is 0 Å². The Bertz CT molecular complexity index is 496. The molecule has 2 aliphatic rings. The highest BCUT2D eigenvalue weighted by Gasteiger charge is 2.57. The number of amides is 1. The quantitative estimate of drug-likeness (QED) is 0.844. The molecule has 1 aliphatic carbocycles. The molecule has 1 heterocycles. The lowest BCUT2D eigenvalue weighted by molar-refractivity contribution is 0.0427. The zero-order valence-corrected chi connectivity index (χ0v) is 12.2. The Labute approximate surface area is 119 Å². The van der Waals surface area contributed by atoms with Crippen molar-refractivity contribution in [3.63, 3.8) is 0 Å². The lowest BCUT2D eigenvalue weighted by atomic mass is 9.87. The molecule has 0 spiro atoms. The number of hydrogen-bond donors (Lipinski definition) is 1. The van der Waals surface area contributed by atoms with E-state index < -0.39 is 5.60 Å². The predicted molar refractivity (Wildman–Crippen MR) is 75.4 cm³/mol. The van der Waals surface area contributed by atoms with Gasteiger partial charge in [0, 0.05) is 12.8 Å².